The standard InChI is InChI=1S/2C15H20S.C2H6Si.2ClH.2HI.Zr/c2*1-11-7-12(2)15-10-13(5-6-16(3)4)9-14(15)8-11;1-3-2;;;;;/h2*7-10H,5-6H2,1-4H3;1-2H3;4*1H;/q;;;;;;;+4/p-4. The Kier molecular flexibility index (Phi) is 19.6. The van der Waals surface area contributed by atoms with E-state index >= 15 is 0 Å². The number of hydrogen-bond donors (Lipinski definition) is 0. The van der Waals surface area contributed by atoms with Gasteiger partial charge in [-0.2, -0.15) is 12.1 Å². The molecule has 0 aliphatic rings. The molecule has 2 radical (unpaired) electrons. The van der Waals surface area contributed by atoms with E-state index in [0.717, 1.165) is 9.52 Å². The first-order chi connectivity index (χ1) is 18.5. The van der Waals surface area contributed by atoms with E-state index in [1.165, 1.54) is 79.3 Å². The van der Waals surface area contributed by atoms with E-state index in [4.69, 9.17) is 17.0 Å². The van der Waals surface area contributed by atoms with Crippen molar-refractivity contribution in [1.29, 1.82) is 0 Å². The van der Waals surface area contributed by atoms with Crippen LogP contribution >= 0.6 is 53.1 Å². The van der Waals surface area contributed by atoms with Gasteiger partial charge in [0.2, 0.25) is 0 Å². The molecule has 0 saturated heterocycles. The summed E-state index contributed by atoms with van der Waals surface area (Å²) in [6, 6.07) is 18.6. The molecule has 0 aliphatic heterocycles. The minimum atomic E-state index is -2.30. The summed E-state index contributed by atoms with van der Waals surface area (Å²) in [5, 5.41) is 5.71. The third-order valence-electron chi connectivity index (χ3n) is 6.07. The van der Waals surface area contributed by atoms with Crippen LogP contribution in [0.2, 0.25) is 13.1 Å². The van der Waals surface area contributed by atoms with Crippen LogP contribution in [0.1, 0.15) is 33.4 Å². The third-order valence-corrected chi connectivity index (χ3v) is 8.11. The second-order valence-electron chi connectivity index (χ2n) is 10.7. The Labute approximate surface area is 283 Å². The number of halogens is 4. The normalized spacial score (nSPS) is 11.2. The Morgan fingerprint density at radius 3 is 1.25 bits per heavy atom. The van der Waals surface area contributed by atoms with Crippen molar-refractivity contribution in [2.45, 2.75) is 53.6 Å². The van der Waals surface area contributed by atoms with Gasteiger partial charge in [-0.3, -0.25) is 0 Å². The van der Waals surface area contributed by atoms with Gasteiger partial charge >= 0.3 is 62.6 Å². The molecule has 0 spiro atoms. The van der Waals surface area contributed by atoms with Crippen molar-refractivity contribution in [3.05, 3.63) is 81.9 Å². The fourth-order valence-corrected chi connectivity index (χ4v) is 5.73. The maximum atomic E-state index is 5.48. The van der Waals surface area contributed by atoms with Gasteiger partial charge in [-0.15, -0.1) is 56.9 Å². The number of fused-ring (bicyclic) bond motifs is 2. The maximum absolute atomic E-state index is 5.48. The average molecular weight is 939 g/mol. The zero-order valence-electron chi connectivity index (χ0n) is 25.8. The summed E-state index contributed by atoms with van der Waals surface area (Å²) < 4.78 is 0. The fraction of sp³-hybridized carbons (Fsp3) is 0.438. The molecule has 0 nitrogen and oxygen atoms in total. The quantitative estimate of drug-likeness (QED) is 0.0782. The van der Waals surface area contributed by atoms with Gasteiger partial charge in [-0.25, -0.2) is 0 Å². The van der Waals surface area contributed by atoms with E-state index in [9.17, 15) is 0 Å². The zero-order chi connectivity index (χ0) is 30.6. The first-order valence-electron chi connectivity index (χ1n) is 13.3. The van der Waals surface area contributed by atoms with Crippen LogP contribution in [0.4, 0.5) is 0 Å². The fourth-order valence-electron chi connectivity index (χ4n) is 4.44. The van der Waals surface area contributed by atoms with Crippen LogP contribution in [0.25, 0.3) is 21.5 Å². The molecule has 4 aromatic rings. The molecule has 4 rings (SSSR count). The Balaban J connectivity index is 0.000000317. The first-order valence-corrected chi connectivity index (χ1v) is 40.7. The monoisotopic (exact) mass is 936 g/mol. The van der Waals surface area contributed by atoms with Crippen molar-refractivity contribution in [2.24, 2.45) is 0 Å². The van der Waals surface area contributed by atoms with Crippen molar-refractivity contribution in [3.8, 4) is 0 Å². The molecule has 4 aromatic carbocycles. The molecule has 0 aliphatic carbocycles. The minimum absolute atomic E-state index is 0.553. The number of aryl methyl sites for hydroxylation is 6. The summed E-state index contributed by atoms with van der Waals surface area (Å²) in [5.41, 5.74) is 8.57. The molecule has 0 unspecified atom stereocenters. The summed E-state index contributed by atoms with van der Waals surface area (Å²) in [7, 11) is 10.9. The Morgan fingerprint density at radius 2 is 0.975 bits per heavy atom. The summed E-state index contributed by atoms with van der Waals surface area (Å²) in [6.07, 6.45) is 11.7. The van der Waals surface area contributed by atoms with Gasteiger partial charge in [0.05, 0.1) is 25.0 Å². The van der Waals surface area contributed by atoms with Crippen LogP contribution in [-0.4, -0.2) is 46.0 Å². The van der Waals surface area contributed by atoms with Gasteiger partial charge in [0.15, 0.2) is 0 Å². The molecule has 0 heterocycles. The summed E-state index contributed by atoms with van der Waals surface area (Å²) >= 11 is 4.21. The Bertz CT molecular complexity index is 1210. The van der Waals surface area contributed by atoms with Gasteiger partial charge < -0.3 is 0 Å². The second kappa shape index (κ2) is 19.8. The number of rotatable bonds is 6. The van der Waals surface area contributed by atoms with E-state index in [0.29, 0.717) is 21.8 Å². The number of benzene rings is 2. The zero-order valence-corrected chi connectivity index (χ0v) is 36.7. The van der Waals surface area contributed by atoms with Crippen molar-refractivity contribution < 1.29 is 9.50 Å². The van der Waals surface area contributed by atoms with E-state index in [-0.39, 0.29) is 0 Å². The van der Waals surface area contributed by atoms with Gasteiger partial charge in [0, 0.05) is 9.52 Å². The van der Waals surface area contributed by atoms with E-state index in [2.05, 4.69) is 150 Å². The van der Waals surface area contributed by atoms with Crippen molar-refractivity contribution in [1.82, 2.24) is 0 Å². The molecule has 0 amide bonds. The van der Waals surface area contributed by atoms with Crippen LogP contribution in [0.15, 0.2) is 48.5 Å². The van der Waals surface area contributed by atoms with Crippen LogP contribution in [-0.2, 0) is 44.1 Å². The molecule has 0 N–H and O–H groups in total. The predicted molar refractivity (Wildman–Crippen MR) is 211 cm³/mol. The Hall–Kier alpha value is 1.50. The van der Waals surface area contributed by atoms with E-state index < -0.39 is 9.50 Å². The summed E-state index contributed by atoms with van der Waals surface area (Å²) in [4.78, 5) is 0. The molecule has 0 atom stereocenters. The molecular formula is C32H46Cl2I2S2SiZr. The predicted octanol–water partition coefficient (Wildman–Crippen LogP) is 11.1. The number of hydrogen-bond acceptors (Lipinski definition) is 0. The molecule has 40 heavy (non-hydrogen) atoms. The summed E-state index contributed by atoms with van der Waals surface area (Å²) in [6.45, 7) is 13.1. The summed E-state index contributed by atoms with van der Waals surface area (Å²) in [5.74, 6) is 2.63. The molecule has 0 saturated carbocycles. The van der Waals surface area contributed by atoms with E-state index in [1.807, 2.05) is 0 Å². The SMILES string of the molecule is C[Si]C.Cc1cc(C)c2cc(CC[S+](C)C)[cH-]c2c1.Cc1cc(C)c2cc(CC[S+](C)C)[cH-]c2c1.[Cl][Zr]([Cl])([I])[I]. The van der Waals surface area contributed by atoms with Crippen LogP contribution in [0.5, 0.6) is 0 Å². The topological polar surface area (TPSA) is 0 Å². The third kappa shape index (κ3) is 16.5. The van der Waals surface area contributed by atoms with Crippen molar-refractivity contribution in [3.63, 3.8) is 0 Å². The average Bonchev–Trinajstić information content (AvgIpc) is 3.40. The molecule has 0 fully saturated rings. The van der Waals surface area contributed by atoms with Crippen LogP contribution in [0, 0.1) is 27.7 Å². The van der Waals surface area contributed by atoms with E-state index in [1.54, 1.807) is 0 Å². The molecular weight excluding hydrogens is 893 g/mol. The molecule has 0 bridgehead atoms. The van der Waals surface area contributed by atoms with Gasteiger partial charge in [-0.05, 0) is 62.3 Å². The van der Waals surface area contributed by atoms with Crippen LogP contribution in [0.3, 0.4) is 0 Å². The van der Waals surface area contributed by atoms with Crippen molar-refractivity contribution in [2.75, 3.05) is 36.5 Å². The second-order valence-corrected chi connectivity index (χ2v) is 72.9. The van der Waals surface area contributed by atoms with Gasteiger partial charge in [0.1, 0.15) is 11.5 Å². The van der Waals surface area contributed by atoms with Crippen molar-refractivity contribution >= 4 is 106 Å². The first kappa shape index (κ1) is 39.5. The Morgan fingerprint density at radius 1 is 0.675 bits per heavy atom. The van der Waals surface area contributed by atoms with Gasteiger partial charge in [0.25, 0.3) is 0 Å². The molecule has 0 aromatic heterocycles. The molecule has 8 heteroatoms. The van der Waals surface area contributed by atoms with Crippen LogP contribution < -0.4 is 0 Å². The molecule has 222 valence electrons. The van der Waals surface area contributed by atoms with Gasteiger partial charge in [-0.1, -0.05) is 47.5 Å².